The highest BCUT2D eigenvalue weighted by Gasteiger charge is 2.15. The van der Waals surface area contributed by atoms with Gasteiger partial charge in [0.1, 0.15) is 0 Å². The van der Waals surface area contributed by atoms with Crippen LogP contribution in [0.4, 0.5) is 0 Å². The smallest absolute Gasteiger partial charge is 0.0460 e. The molecule has 0 aliphatic rings. The van der Waals surface area contributed by atoms with E-state index in [4.69, 9.17) is 0 Å². The van der Waals surface area contributed by atoms with Gasteiger partial charge in [-0.2, -0.15) is 0 Å². The Bertz CT molecular complexity index is 923. The molecule has 0 bridgehead atoms. The van der Waals surface area contributed by atoms with Crippen LogP contribution in [0, 0.1) is 13.8 Å². The Kier molecular flexibility index (Phi) is 9.75. The third-order valence-corrected chi connectivity index (χ3v) is 4.77. The highest BCUT2D eigenvalue weighted by atomic mass is 14.7. The van der Waals surface area contributed by atoms with Crippen molar-refractivity contribution >= 4 is 0 Å². The number of hydrogen-bond donors (Lipinski definition) is 0. The summed E-state index contributed by atoms with van der Waals surface area (Å²) in [5.41, 5.74) is 6.31. The normalized spacial score (nSPS) is 11.6. The van der Waals surface area contributed by atoms with Crippen LogP contribution in [0.5, 0.6) is 0 Å². The van der Waals surface area contributed by atoms with E-state index in [1.807, 2.05) is 37.5 Å². The standard InChI is InChI=1S/2C10H15N.C9H13N/c1-8-5-6-9(11-7-8)10(2,3)4;1-8-6-5-7-9(11-8)10(2,3)4;1-9(2,3)8-6-4-5-7-10-8/h2*5-7H,1-4H3;4-7H,1-3H3. The molecular weight excluding hydrogens is 390 g/mol. The molecular formula is C29H43N3. The molecule has 3 heteroatoms. The zero-order chi connectivity index (χ0) is 24.6. The zero-order valence-electron chi connectivity index (χ0n) is 22.1. The molecule has 3 aromatic rings. The molecule has 32 heavy (non-hydrogen) atoms. The largest absolute Gasteiger partial charge is 0.261 e. The first kappa shape index (κ1) is 27.5. The second-order valence-corrected chi connectivity index (χ2v) is 11.3. The lowest BCUT2D eigenvalue weighted by atomic mass is 9.91. The molecule has 0 fully saturated rings. The van der Waals surface area contributed by atoms with Gasteiger partial charge in [-0.05, 0) is 49.7 Å². The van der Waals surface area contributed by atoms with Crippen LogP contribution < -0.4 is 0 Å². The Hall–Kier alpha value is -2.55. The van der Waals surface area contributed by atoms with Crippen molar-refractivity contribution in [1.82, 2.24) is 15.0 Å². The lowest BCUT2D eigenvalue weighted by Gasteiger charge is -2.17. The number of rotatable bonds is 0. The van der Waals surface area contributed by atoms with Crippen molar-refractivity contribution in [3.8, 4) is 0 Å². The quantitative estimate of drug-likeness (QED) is 0.364. The highest BCUT2D eigenvalue weighted by Crippen LogP contribution is 2.20. The average molecular weight is 434 g/mol. The maximum Gasteiger partial charge on any atom is 0.0460 e. The van der Waals surface area contributed by atoms with Gasteiger partial charge in [-0.15, -0.1) is 0 Å². The number of nitrogens with zero attached hydrogens (tertiary/aromatic N) is 3. The predicted octanol–water partition coefficient (Wildman–Crippen LogP) is 7.75. The number of pyridine rings is 3. The molecule has 0 atom stereocenters. The summed E-state index contributed by atoms with van der Waals surface area (Å²) in [7, 11) is 0. The van der Waals surface area contributed by atoms with E-state index in [0.717, 1.165) is 22.8 Å². The van der Waals surface area contributed by atoms with Crippen LogP contribution >= 0.6 is 0 Å². The third-order valence-electron chi connectivity index (χ3n) is 4.77. The van der Waals surface area contributed by atoms with Gasteiger partial charge in [0, 0.05) is 51.4 Å². The summed E-state index contributed by atoms with van der Waals surface area (Å²) in [6, 6.07) is 16.4. The molecule has 3 aromatic heterocycles. The fourth-order valence-electron chi connectivity index (χ4n) is 2.68. The van der Waals surface area contributed by atoms with Crippen LogP contribution in [-0.2, 0) is 16.2 Å². The van der Waals surface area contributed by atoms with Gasteiger partial charge in [-0.25, -0.2) is 0 Å². The van der Waals surface area contributed by atoms with Gasteiger partial charge in [0.15, 0.2) is 0 Å². The van der Waals surface area contributed by atoms with Crippen molar-refractivity contribution in [3.63, 3.8) is 0 Å². The summed E-state index contributed by atoms with van der Waals surface area (Å²) in [5, 5.41) is 0. The molecule has 174 valence electrons. The van der Waals surface area contributed by atoms with Gasteiger partial charge in [-0.3, -0.25) is 15.0 Å². The zero-order valence-corrected chi connectivity index (χ0v) is 22.1. The van der Waals surface area contributed by atoms with Gasteiger partial charge >= 0.3 is 0 Å². The molecule has 0 radical (unpaired) electrons. The summed E-state index contributed by atoms with van der Waals surface area (Å²) >= 11 is 0. The third kappa shape index (κ3) is 10.2. The molecule has 0 unspecified atom stereocenters. The summed E-state index contributed by atoms with van der Waals surface area (Å²) in [6.45, 7) is 23.6. The molecule has 0 aromatic carbocycles. The summed E-state index contributed by atoms with van der Waals surface area (Å²) in [4.78, 5) is 13.0. The van der Waals surface area contributed by atoms with E-state index in [1.54, 1.807) is 0 Å². The predicted molar refractivity (Wildman–Crippen MR) is 138 cm³/mol. The maximum atomic E-state index is 4.44. The van der Waals surface area contributed by atoms with Crippen molar-refractivity contribution in [2.45, 2.75) is 92.4 Å². The number of hydrogen-bond acceptors (Lipinski definition) is 3. The minimum atomic E-state index is 0.173. The Morgan fingerprint density at radius 3 is 1.41 bits per heavy atom. The van der Waals surface area contributed by atoms with Crippen LogP contribution in [0.2, 0.25) is 0 Å². The Morgan fingerprint density at radius 1 is 0.531 bits per heavy atom. The molecule has 3 nitrogen and oxygen atoms in total. The van der Waals surface area contributed by atoms with Crippen molar-refractivity contribution in [1.29, 1.82) is 0 Å². The molecule has 0 amide bonds. The first-order valence-corrected chi connectivity index (χ1v) is 11.4. The number of aromatic nitrogens is 3. The van der Waals surface area contributed by atoms with Gasteiger partial charge in [-0.1, -0.05) is 80.5 Å². The lowest BCUT2D eigenvalue weighted by molar-refractivity contribution is 0.567. The van der Waals surface area contributed by atoms with Crippen LogP contribution in [0.15, 0.2) is 60.9 Å². The second kappa shape index (κ2) is 11.4. The fraction of sp³-hybridized carbons (Fsp3) is 0.483. The Morgan fingerprint density at radius 2 is 1.06 bits per heavy atom. The van der Waals surface area contributed by atoms with Crippen LogP contribution in [0.3, 0.4) is 0 Å². The Labute approximate surface area is 196 Å². The monoisotopic (exact) mass is 433 g/mol. The first-order valence-electron chi connectivity index (χ1n) is 11.4. The summed E-state index contributed by atoms with van der Waals surface area (Å²) in [6.07, 6.45) is 3.75. The van der Waals surface area contributed by atoms with E-state index in [9.17, 15) is 0 Å². The fourth-order valence-corrected chi connectivity index (χ4v) is 2.68. The highest BCUT2D eigenvalue weighted by molar-refractivity contribution is 5.18. The van der Waals surface area contributed by atoms with Crippen molar-refractivity contribution in [3.05, 3.63) is 89.3 Å². The van der Waals surface area contributed by atoms with Gasteiger partial charge in [0.2, 0.25) is 0 Å². The summed E-state index contributed by atoms with van der Waals surface area (Å²) in [5.74, 6) is 0. The van der Waals surface area contributed by atoms with Crippen LogP contribution in [0.1, 0.15) is 90.7 Å². The second-order valence-electron chi connectivity index (χ2n) is 11.3. The minimum Gasteiger partial charge on any atom is -0.261 e. The van der Waals surface area contributed by atoms with E-state index in [1.165, 1.54) is 5.56 Å². The molecule has 0 saturated heterocycles. The van der Waals surface area contributed by atoms with E-state index in [-0.39, 0.29) is 16.2 Å². The summed E-state index contributed by atoms with van der Waals surface area (Å²) < 4.78 is 0. The van der Waals surface area contributed by atoms with Crippen molar-refractivity contribution < 1.29 is 0 Å². The van der Waals surface area contributed by atoms with Gasteiger partial charge in [0.05, 0.1) is 0 Å². The molecule has 0 N–H and O–H groups in total. The van der Waals surface area contributed by atoms with E-state index < -0.39 is 0 Å². The Balaban J connectivity index is 0.000000240. The van der Waals surface area contributed by atoms with Crippen molar-refractivity contribution in [2.24, 2.45) is 0 Å². The molecule has 3 heterocycles. The molecule has 3 rings (SSSR count). The topological polar surface area (TPSA) is 38.7 Å². The molecule has 0 spiro atoms. The van der Waals surface area contributed by atoms with Crippen molar-refractivity contribution in [2.75, 3.05) is 0 Å². The average Bonchev–Trinajstić information content (AvgIpc) is 2.68. The van der Waals surface area contributed by atoms with E-state index >= 15 is 0 Å². The van der Waals surface area contributed by atoms with Crippen LogP contribution in [-0.4, -0.2) is 15.0 Å². The SMILES string of the molecule is CC(C)(C)c1ccccn1.Cc1ccc(C(C)(C)C)nc1.Cc1cccc(C(C)(C)C)n1. The van der Waals surface area contributed by atoms with E-state index in [2.05, 4.69) is 115 Å². The molecule has 0 aliphatic carbocycles. The first-order chi connectivity index (χ1) is 14.6. The van der Waals surface area contributed by atoms with Crippen LogP contribution in [0.25, 0.3) is 0 Å². The minimum absolute atomic E-state index is 0.173. The number of aryl methyl sites for hydroxylation is 2. The maximum absolute atomic E-state index is 4.44. The lowest BCUT2D eigenvalue weighted by Crippen LogP contribution is -2.13. The molecule has 0 aliphatic heterocycles. The van der Waals surface area contributed by atoms with E-state index in [0.29, 0.717) is 0 Å². The van der Waals surface area contributed by atoms with Gasteiger partial charge in [0.25, 0.3) is 0 Å². The van der Waals surface area contributed by atoms with Gasteiger partial charge < -0.3 is 0 Å². The molecule has 0 saturated carbocycles.